The van der Waals surface area contributed by atoms with Crippen LogP contribution in [0.5, 0.6) is 11.5 Å². The van der Waals surface area contributed by atoms with Crippen LogP contribution in [0.1, 0.15) is 18.4 Å². The fraction of sp³-hybridized carbons (Fsp3) is 0.231. The highest BCUT2D eigenvalue weighted by Crippen LogP contribution is 2.30. The molecule has 4 aromatic rings. The van der Waals surface area contributed by atoms with E-state index in [2.05, 4.69) is 15.3 Å². The molecular weight excluding hydrogens is 464 g/mol. The van der Waals surface area contributed by atoms with Gasteiger partial charge in [0.2, 0.25) is 5.91 Å². The van der Waals surface area contributed by atoms with Crippen LogP contribution in [-0.4, -0.2) is 34.7 Å². The molecule has 8 nitrogen and oxygen atoms in total. The molecule has 0 aliphatic rings. The number of aromatic nitrogens is 3. The molecular formula is C26H26N4O4S. The third kappa shape index (κ3) is 6.19. The van der Waals surface area contributed by atoms with Crippen molar-refractivity contribution in [1.29, 1.82) is 0 Å². The van der Waals surface area contributed by atoms with Crippen LogP contribution in [0.2, 0.25) is 0 Å². The lowest BCUT2D eigenvalue weighted by Crippen LogP contribution is -2.22. The van der Waals surface area contributed by atoms with E-state index in [0.717, 1.165) is 21.9 Å². The number of carbonyl (C=O) groups is 1. The number of fused-ring (bicyclic) bond motifs is 1. The number of methoxy groups -OCH3 is 2. The summed E-state index contributed by atoms with van der Waals surface area (Å²) in [6, 6.07) is 15.0. The number of carbonyl (C=O) groups excluding carboxylic acids is 1. The number of hydrogen-bond acceptors (Lipinski definition) is 7. The summed E-state index contributed by atoms with van der Waals surface area (Å²) in [7, 11) is 3.05. The first-order valence-electron chi connectivity index (χ1n) is 11.1. The number of aryl methyl sites for hydroxylation is 1. The second-order valence-electron chi connectivity index (χ2n) is 7.79. The molecule has 1 amide bonds. The van der Waals surface area contributed by atoms with E-state index in [9.17, 15) is 9.59 Å². The van der Waals surface area contributed by atoms with Gasteiger partial charge in [-0.05, 0) is 48.4 Å². The number of ether oxygens (including phenoxy) is 2. The Bertz CT molecular complexity index is 1360. The van der Waals surface area contributed by atoms with Crippen LogP contribution >= 0.6 is 11.8 Å². The standard InChI is InChI=1S/C26H26N4O4S/c1-33-23-13-21-22(14-24(23)34-2)28-17-30(26(21)32)12-4-6-25(31)29-19-7-9-20(10-8-19)35-16-18-5-3-11-27-15-18/h3,5,7-11,13-15,17H,4,6,12,16H2,1-2H3,(H,29,31). The quantitative estimate of drug-likeness (QED) is 0.327. The van der Waals surface area contributed by atoms with Gasteiger partial charge in [0.25, 0.3) is 5.56 Å². The average Bonchev–Trinajstić information content (AvgIpc) is 2.89. The first kappa shape index (κ1) is 24.3. The predicted molar refractivity (Wildman–Crippen MR) is 137 cm³/mol. The van der Waals surface area contributed by atoms with Crippen LogP contribution in [0.3, 0.4) is 0 Å². The molecule has 0 fully saturated rings. The number of nitrogens with zero attached hydrogens (tertiary/aromatic N) is 3. The molecule has 1 N–H and O–H groups in total. The van der Waals surface area contributed by atoms with E-state index in [1.165, 1.54) is 25.1 Å². The van der Waals surface area contributed by atoms with Crippen molar-refractivity contribution in [3.05, 3.63) is 83.2 Å². The molecule has 2 aromatic carbocycles. The predicted octanol–water partition coefficient (Wildman–Crippen LogP) is 4.52. The van der Waals surface area contributed by atoms with E-state index >= 15 is 0 Å². The monoisotopic (exact) mass is 490 g/mol. The Labute approximate surface area is 207 Å². The van der Waals surface area contributed by atoms with Crippen molar-refractivity contribution >= 4 is 34.3 Å². The Hall–Kier alpha value is -3.85. The fourth-order valence-electron chi connectivity index (χ4n) is 3.56. The van der Waals surface area contributed by atoms with Gasteiger partial charge in [-0.25, -0.2) is 4.98 Å². The Morgan fingerprint density at radius 3 is 2.57 bits per heavy atom. The topological polar surface area (TPSA) is 95.3 Å². The smallest absolute Gasteiger partial charge is 0.261 e. The molecule has 0 saturated carbocycles. The van der Waals surface area contributed by atoms with E-state index in [1.807, 2.05) is 42.6 Å². The van der Waals surface area contributed by atoms with Gasteiger partial charge in [-0.2, -0.15) is 0 Å². The molecule has 0 spiro atoms. The number of hydrogen-bond donors (Lipinski definition) is 1. The average molecular weight is 491 g/mol. The second kappa shape index (κ2) is 11.5. The van der Waals surface area contributed by atoms with E-state index < -0.39 is 0 Å². The number of amides is 1. The number of thioether (sulfide) groups is 1. The molecule has 2 heterocycles. The summed E-state index contributed by atoms with van der Waals surface area (Å²) in [5, 5.41) is 3.35. The maximum Gasteiger partial charge on any atom is 0.261 e. The van der Waals surface area contributed by atoms with Gasteiger partial charge in [0.15, 0.2) is 11.5 Å². The Balaban J connectivity index is 1.29. The molecule has 0 aliphatic carbocycles. The molecule has 9 heteroatoms. The lowest BCUT2D eigenvalue weighted by molar-refractivity contribution is -0.116. The maximum absolute atomic E-state index is 12.9. The van der Waals surface area contributed by atoms with Crippen LogP contribution in [0.15, 0.2) is 76.9 Å². The van der Waals surface area contributed by atoms with Crippen molar-refractivity contribution in [2.24, 2.45) is 0 Å². The third-order valence-electron chi connectivity index (χ3n) is 5.40. The van der Waals surface area contributed by atoms with Crippen LogP contribution < -0.4 is 20.3 Å². The highest BCUT2D eigenvalue weighted by Gasteiger charge is 2.11. The zero-order valence-electron chi connectivity index (χ0n) is 19.6. The van der Waals surface area contributed by atoms with Crippen LogP contribution in [0, 0.1) is 0 Å². The van der Waals surface area contributed by atoms with Gasteiger partial charge in [-0.3, -0.25) is 19.1 Å². The summed E-state index contributed by atoms with van der Waals surface area (Å²) in [4.78, 5) is 34.8. The van der Waals surface area contributed by atoms with E-state index in [4.69, 9.17) is 9.47 Å². The van der Waals surface area contributed by atoms with Gasteiger partial charge in [-0.1, -0.05) is 6.07 Å². The molecule has 0 aliphatic heterocycles. The highest BCUT2D eigenvalue weighted by atomic mass is 32.2. The van der Waals surface area contributed by atoms with Crippen molar-refractivity contribution in [2.45, 2.75) is 30.0 Å². The second-order valence-corrected chi connectivity index (χ2v) is 8.84. The van der Waals surface area contributed by atoms with Crippen molar-refractivity contribution in [3.8, 4) is 11.5 Å². The first-order valence-corrected chi connectivity index (χ1v) is 12.1. The molecule has 180 valence electrons. The number of pyridine rings is 1. The van der Waals surface area contributed by atoms with E-state index in [1.54, 1.807) is 30.1 Å². The van der Waals surface area contributed by atoms with Gasteiger partial charge in [-0.15, -0.1) is 11.8 Å². The van der Waals surface area contributed by atoms with Gasteiger partial charge in [0.1, 0.15) is 0 Å². The number of benzene rings is 2. The van der Waals surface area contributed by atoms with Crippen molar-refractivity contribution in [2.75, 3.05) is 19.5 Å². The summed E-state index contributed by atoms with van der Waals surface area (Å²) in [5.74, 6) is 1.72. The molecule has 35 heavy (non-hydrogen) atoms. The summed E-state index contributed by atoms with van der Waals surface area (Å²) in [6.45, 7) is 0.382. The summed E-state index contributed by atoms with van der Waals surface area (Å²) >= 11 is 1.71. The van der Waals surface area contributed by atoms with Gasteiger partial charge < -0.3 is 14.8 Å². The number of nitrogens with one attached hydrogen (secondary N) is 1. The Morgan fingerprint density at radius 1 is 1.09 bits per heavy atom. The van der Waals surface area contributed by atoms with Gasteiger partial charge in [0.05, 0.1) is 31.4 Å². The summed E-state index contributed by atoms with van der Waals surface area (Å²) in [6.07, 6.45) is 5.91. The first-order chi connectivity index (χ1) is 17.1. The molecule has 2 aromatic heterocycles. The van der Waals surface area contributed by atoms with Crippen LogP contribution in [0.4, 0.5) is 5.69 Å². The van der Waals surface area contributed by atoms with Crippen LogP contribution in [0.25, 0.3) is 10.9 Å². The van der Waals surface area contributed by atoms with E-state index in [0.29, 0.717) is 35.4 Å². The molecule has 0 saturated heterocycles. The van der Waals surface area contributed by atoms with Crippen LogP contribution in [-0.2, 0) is 17.1 Å². The lowest BCUT2D eigenvalue weighted by atomic mass is 10.2. The zero-order valence-corrected chi connectivity index (χ0v) is 20.4. The Morgan fingerprint density at radius 2 is 1.86 bits per heavy atom. The van der Waals surface area contributed by atoms with Crippen molar-refractivity contribution < 1.29 is 14.3 Å². The van der Waals surface area contributed by atoms with Crippen molar-refractivity contribution in [1.82, 2.24) is 14.5 Å². The maximum atomic E-state index is 12.9. The highest BCUT2D eigenvalue weighted by molar-refractivity contribution is 7.98. The minimum Gasteiger partial charge on any atom is -0.493 e. The minimum atomic E-state index is -0.185. The SMILES string of the molecule is COc1cc2ncn(CCCC(=O)Nc3ccc(SCc4cccnc4)cc3)c(=O)c2cc1OC. The largest absolute Gasteiger partial charge is 0.493 e. The summed E-state index contributed by atoms with van der Waals surface area (Å²) < 4.78 is 12.1. The minimum absolute atomic E-state index is 0.103. The molecule has 4 rings (SSSR count). The zero-order chi connectivity index (χ0) is 24.6. The molecule has 0 atom stereocenters. The fourth-order valence-corrected chi connectivity index (χ4v) is 4.40. The van der Waals surface area contributed by atoms with E-state index in [-0.39, 0.29) is 17.9 Å². The van der Waals surface area contributed by atoms with Gasteiger partial charge >= 0.3 is 0 Å². The van der Waals surface area contributed by atoms with Crippen molar-refractivity contribution in [3.63, 3.8) is 0 Å². The van der Waals surface area contributed by atoms with Gasteiger partial charge in [0, 0.05) is 47.8 Å². The third-order valence-corrected chi connectivity index (χ3v) is 6.48. The normalized spacial score (nSPS) is 10.8. The number of anilines is 1. The number of rotatable bonds is 10. The molecule has 0 radical (unpaired) electrons. The Kier molecular flexibility index (Phi) is 7.99. The molecule has 0 bridgehead atoms. The molecule has 0 unspecified atom stereocenters. The lowest BCUT2D eigenvalue weighted by Gasteiger charge is -2.11. The summed E-state index contributed by atoms with van der Waals surface area (Å²) in [5.41, 5.74) is 2.25.